The minimum absolute atomic E-state index is 0.289. The highest BCUT2D eigenvalue weighted by atomic mass is 19.1. The van der Waals surface area contributed by atoms with Gasteiger partial charge in [-0.25, -0.2) is 4.39 Å². The second kappa shape index (κ2) is 7.84. The monoisotopic (exact) mass is 380 g/mol. The van der Waals surface area contributed by atoms with Crippen molar-refractivity contribution in [2.45, 2.75) is 6.92 Å². The van der Waals surface area contributed by atoms with E-state index >= 15 is 0 Å². The molecule has 0 aliphatic rings. The van der Waals surface area contributed by atoms with E-state index in [2.05, 4.69) is 0 Å². The van der Waals surface area contributed by atoms with E-state index in [1.165, 1.54) is 30.3 Å². The van der Waals surface area contributed by atoms with Gasteiger partial charge in [0.05, 0.1) is 0 Å². The Morgan fingerprint density at radius 2 is 1.54 bits per heavy atom. The average molecular weight is 380 g/mol. The summed E-state index contributed by atoms with van der Waals surface area (Å²) in [6.07, 6.45) is 2.76. The highest BCUT2D eigenvalue weighted by Crippen LogP contribution is 2.32. The summed E-state index contributed by atoms with van der Waals surface area (Å²) < 4.78 is 18.6. The molecule has 0 atom stereocenters. The van der Waals surface area contributed by atoms with Crippen LogP contribution in [0.25, 0.3) is 6.08 Å². The van der Waals surface area contributed by atoms with Crippen LogP contribution in [0, 0.1) is 12.7 Å². The first-order valence-electron chi connectivity index (χ1n) is 8.35. The Morgan fingerprint density at radius 3 is 2.14 bits per heavy atom. The van der Waals surface area contributed by atoms with Crippen molar-refractivity contribution in [1.29, 1.82) is 0 Å². The van der Waals surface area contributed by atoms with Crippen LogP contribution in [0.15, 0.2) is 60.7 Å². The van der Waals surface area contributed by atoms with Gasteiger partial charge in [0.2, 0.25) is 0 Å². The number of halogens is 1. The molecule has 0 aliphatic carbocycles. The molecule has 0 heterocycles. The quantitative estimate of drug-likeness (QED) is 0.431. The highest BCUT2D eigenvalue weighted by Gasteiger charge is 2.15. The van der Waals surface area contributed by atoms with Crippen LogP contribution in [0.1, 0.15) is 21.5 Å². The molecule has 28 heavy (non-hydrogen) atoms. The van der Waals surface area contributed by atoms with Crippen LogP contribution >= 0.6 is 0 Å². The lowest BCUT2D eigenvalue weighted by atomic mass is 10.0. The number of carbonyl (C=O) groups is 1. The van der Waals surface area contributed by atoms with Crippen LogP contribution in [0.5, 0.6) is 28.7 Å². The fourth-order valence-corrected chi connectivity index (χ4v) is 2.64. The minimum Gasteiger partial charge on any atom is -0.508 e. The van der Waals surface area contributed by atoms with E-state index in [9.17, 15) is 24.5 Å². The molecule has 5 nitrogen and oxygen atoms in total. The molecule has 0 aromatic heterocycles. The molecular weight excluding hydrogens is 363 g/mol. The summed E-state index contributed by atoms with van der Waals surface area (Å²) in [4.78, 5) is 12.3. The van der Waals surface area contributed by atoms with Gasteiger partial charge >= 0.3 is 0 Å². The maximum atomic E-state index is 13.0. The van der Waals surface area contributed by atoms with Crippen molar-refractivity contribution < 1.29 is 29.2 Å². The van der Waals surface area contributed by atoms with E-state index in [0.29, 0.717) is 11.5 Å². The molecule has 0 saturated carbocycles. The molecule has 3 aromatic carbocycles. The predicted molar refractivity (Wildman–Crippen MR) is 102 cm³/mol. The van der Waals surface area contributed by atoms with Gasteiger partial charge in [0.1, 0.15) is 40.1 Å². The first-order chi connectivity index (χ1) is 13.3. The number of hydrogen-bond donors (Lipinski definition) is 3. The maximum Gasteiger partial charge on any atom is 0.193 e. The number of phenols is 3. The predicted octanol–water partition coefficient (Wildman–Crippen LogP) is 4.94. The summed E-state index contributed by atoms with van der Waals surface area (Å²) >= 11 is 0. The maximum absolute atomic E-state index is 13.0. The topological polar surface area (TPSA) is 87.0 Å². The Bertz CT molecular complexity index is 1030. The molecule has 0 amide bonds. The lowest BCUT2D eigenvalue weighted by Crippen LogP contribution is -1.96. The molecule has 142 valence electrons. The zero-order chi connectivity index (χ0) is 20.3. The largest absolute Gasteiger partial charge is 0.508 e. The van der Waals surface area contributed by atoms with Crippen LogP contribution in [0.3, 0.4) is 0 Å². The van der Waals surface area contributed by atoms with Gasteiger partial charge in [-0.1, -0.05) is 12.1 Å². The number of ether oxygens (including phenoxy) is 1. The van der Waals surface area contributed by atoms with Gasteiger partial charge in [-0.15, -0.1) is 0 Å². The summed E-state index contributed by atoms with van der Waals surface area (Å²) in [6, 6.07) is 12.8. The fourth-order valence-electron chi connectivity index (χ4n) is 2.64. The van der Waals surface area contributed by atoms with Gasteiger partial charge < -0.3 is 20.1 Å². The average Bonchev–Trinajstić information content (AvgIpc) is 2.62. The van der Waals surface area contributed by atoms with Crippen molar-refractivity contribution in [2.75, 3.05) is 0 Å². The Labute approximate surface area is 160 Å². The molecule has 0 radical (unpaired) electrons. The van der Waals surface area contributed by atoms with Crippen molar-refractivity contribution in [2.24, 2.45) is 0 Å². The van der Waals surface area contributed by atoms with Crippen LogP contribution in [-0.2, 0) is 0 Å². The number of carbonyl (C=O) groups excluding carboxylic acids is 1. The van der Waals surface area contributed by atoms with E-state index in [1.807, 2.05) is 6.92 Å². The summed E-state index contributed by atoms with van der Waals surface area (Å²) in [5.74, 6) is -1.26. The van der Waals surface area contributed by atoms with Crippen molar-refractivity contribution in [1.82, 2.24) is 0 Å². The van der Waals surface area contributed by atoms with E-state index in [1.54, 1.807) is 24.3 Å². The molecule has 3 aromatic rings. The number of benzene rings is 3. The third-order valence-electron chi connectivity index (χ3n) is 4.03. The number of aryl methyl sites for hydroxylation is 1. The van der Waals surface area contributed by atoms with Gasteiger partial charge in [-0.2, -0.15) is 0 Å². The van der Waals surface area contributed by atoms with E-state index in [4.69, 9.17) is 4.74 Å². The van der Waals surface area contributed by atoms with Gasteiger partial charge in [0.25, 0.3) is 0 Å². The molecule has 0 fully saturated rings. The summed E-state index contributed by atoms with van der Waals surface area (Å²) in [5, 5.41) is 28.9. The van der Waals surface area contributed by atoms with Crippen molar-refractivity contribution in [3.8, 4) is 28.7 Å². The van der Waals surface area contributed by atoms with Crippen LogP contribution < -0.4 is 4.74 Å². The number of aromatic hydroxyl groups is 3. The Morgan fingerprint density at radius 1 is 0.929 bits per heavy atom. The third kappa shape index (κ3) is 4.29. The highest BCUT2D eigenvalue weighted by molar-refractivity contribution is 6.10. The summed E-state index contributed by atoms with van der Waals surface area (Å²) in [5.41, 5.74) is 1.27. The Hall–Kier alpha value is -3.80. The number of rotatable bonds is 5. The van der Waals surface area contributed by atoms with Crippen LogP contribution in [0.4, 0.5) is 4.39 Å². The number of hydrogen-bond acceptors (Lipinski definition) is 5. The molecule has 3 rings (SSSR count). The zero-order valence-electron chi connectivity index (χ0n) is 14.9. The van der Waals surface area contributed by atoms with E-state index < -0.39 is 17.3 Å². The second-order valence-electron chi connectivity index (χ2n) is 6.13. The lowest BCUT2D eigenvalue weighted by molar-refractivity contribution is 0.104. The van der Waals surface area contributed by atoms with Crippen LogP contribution in [0.2, 0.25) is 0 Å². The van der Waals surface area contributed by atoms with Gasteiger partial charge in [0.15, 0.2) is 5.78 Å². The van der Waals surface area contributed by atoms with Crippen molar-refractivity contribution in [3.63, 3.8) is 0 Å². The zero-order valence-corrected chi connectivity index (χ0v) is 14.9. The molecule has 6 heteroatoms. The molecule has 0 saturated heterocycles. The van der Waals surface area contributed by atoms with Crippen molar-refractivity contribution >= 4 is 11.9 Å². The first kappa shape index (κ1) is 19.0. The SMILES string of the molecule is Cc1cc(Oc2ccc(F)cc2)ccc1/C=C/C(=O)c1c(O)cc(O)cc1O. The summed E-state index contributed by atoms with van der Waals surface area (Å²) in [6.45, 7) is 1.83. The number of ketones is 1. The fraction of sp³-hybridized carbons (Fsp3) is 0.0455. The Balaban J connectivity index is 1.77. The normalized spacial score (nSPS) is 10.9. The standard InChI is InChI=1S/C22H17FO5/c1-13-10-18(28-17-7-4-15(23)5-8-17)6-2-14(13)3-9-19(25)22-20(26)11-16(24)12-21(22)27/h2-12,24,26-27H,1H3/b9-3+. The smallest absolute Gasteiger partial charge is 0.193 e. The molecule has 0 spiro atoms. The minimum atomic E-state index is -0.610. The first-order valence-corrected chi connectivity index (χ1v) is 8.35. The lowest BCUT2D eigenvalue weighted by Gasteiger charge is -2.08. The van der Waals surface area contributed by atoms with Gasteiger partial charge in [0, 0.05) is 12.1 Å². The van der Waals surface area contributed by atoms with Crippen LogP contribution in [-0.4, -0.2) is 21.1 Å². The van der Waals surface area contributed by atoms with Crippen molar-refractivity contribution in [3.05, 3.63) is 83.2 Å². The molecule has 0 aliphatic heterocycles. The Kier molecular flexibility index (Phi) is 5.31. The molecule has 0 unspecified atom stereocenters. The third-order valence-corrected chi connectivity index (χ3v) is 4.03. The molecule has 3 N–H and O–H groups in total. The number of allylic oxidation sites excluding steroid dienone is 1. The molecule has 0 bridgehead atoms. The molecular formula is C22H17FO5. The van der Waals surface area contributed by atoms with Gasteiger partial charge in [-0.3, -0.25) is 4.79 Å². The van der Waals surface area contributed by atoms with E-state index in [0.717, 1.165) is 23.3 Å². The van der Waals surface area contributed by atoms with Gasteiger partial charge in [-0.05, 0) is 60.5 Å². The van der Waals surface area contributed by atoms with E-state index in [-0.39, 0.29) is 17.1 Å². The summed E-state index contributed by atoms with van der Waals surface area (Å²) in [7, 11) is 0. The second-order valence-corrected chi connectivity index (χ2v) is 6.13. The number of phenolic OH excluding ortho intramolecular Hbond substituents is 3.